The highest BCUT2D eigenvalue weighted by atomic mass is 16.5. The molecule has 1 aliphatic carbocycles. The number of nitrogens with one attached hydrogen (secondary N) is 1. The molecule has 3 atom stereocenters. The molecule has 2 N–H and O–H groups in total. The standard InChI is InChI=1S/C28H43NO4/c1-3-4-7-13-24(30)19-17-22-18-20-26(31)25(22)14-8-5-6-9-16-28(32)29-21-23-12-10-11-15-27(23)33-2/h10-12,15,17,19,22,24-25,30H,3-9,13-14,16,18,20-21H2,1-2H3,(H,29,32). The number of ether oxygens (including phenoxy) is 1. The summed E-state index contributed by atoms with van der Waals surface area (Å²) in [6.45, 7) is 2.64. The molecule has 2 rings (SSSR count). The van der Waals surface area contributed by atoms with Crippen LogP contribution in [0, 0.1) is 11.8 Å². The van der Waals surface area contributed by atoms with Gasteiger partial charge in [-0.2, -0.15) is 0 Å². The molecule has 0 saturated heterocycles. The molecule has 0 aromatic heterocycles. The number of allylic oxidation sites excluding steroid dienone is 1. The Kier molecular flexibility index (Phi) is 12.9. The van der Waals surface area contributed by atoms with Crippen LogP contribution in [0.4, 0.5) is 0 Å². The quantitative estimate of drug-likeness (QED) is 0.245. The Labute approximate surface area is 200 Å². The average Bonchev–Trinajstić information content (AvgIpc) is 3.18. The maximum absolute atomic E-state index is 12.3. The van der Waals surface area contributed by atoms with E-state index in [0.29, 0.717) is 25.2 Å². The summed E-state index contributed by atoms with van der Waals surface area (Å²) >= 11 is 0. The van der Waals surface area contributed by atoms with Gasteiger partial charge in [-0.3, -0.25) is 9.59 Å². The summed E-state index contributed by atoms with van der Waals surface area (Å²) in [6, 6.07) is 7.71. The van der Waals surface area contributed by atoms with Crippen molar-refractivity contribution in [3.63, 3.8) is 0 Å². The van der Waals surface area contributed by atoms with Crippen molar-refractivity contribution < 1.29 is 19.4 Å². The molecule has 1 fully saturated rings. The van der Waals surface area contributed by atoms with Crippen LogP contribution in [0.1, 0.15) is 89.5 Å². The van der Waals surface area contributed by atoms with E-state index in [4.69, 9.17) is 4.74 Å². The van der Waals surface area contributed by atoms with Crippen molar-refractivity contribution in [2.75, 3.05) is 7.11 Å². The summed E-state index contributed by atoms with van der Waals surface area (Å²) in [4.78, 5) is 24.5. The van der Waals surface area contributed by atoms with E-state index >= 15 is 0 Å². The number of aliphatic hydroxyl groups is 1. The van der Waals surface area contributed by atoms with Crippen LogP contribution in [0.5, 0.6) is 5.75 Å². The van der Waals surface area contributed by atoms with Crippen molar-refractivity contribution in [2.24, 2.45) is 11.8 Å². The topological polar surface area (TPSA) is 75.6 Å². The van der Waals surface area contributed by atoms with Gasteiger partial charge in [-0.05, 0) is 37.7 Å². The molecule has 33 heavy (non-hydrogen) atoms. The zero-order chi connectivity index (χ0) is 23.9. The maximum Gasteiger partial charge on any atom is 0.220 e. The van der Waals surface area contributed by atoms with E-state index in [2.05, 4.69) is 18.3 Å². The molecule has 1 aromatic carbocycles. The number of carbonyl (C=O) groups excluding carboxylic acids is 2. The van der Waals surface area contributed by atoms with E-state index in [1.165, 1.54) is 0 Å². The summed E-state index contributed by atoms with van der Waals surface area (Å²) in [5.74, 6) is 1.61. The molecule has 0 spiro atoms. The SMILES string of the molecule is CCCCCC(O)C=CC1CCC(=O)C1CCCCCCC(=O)NCc1ccccc1OC. The predicted molar refractivity (Wildman–Crippen MR) is 133 cm³/mol. The molecule has 1 aromatic rings. The third-order valence-electron chi connectivity index (χ3n) is 6.68. The van der Waals surface area contributed by atoms with E-state index in [9.17, 15) is 14.7 Å². The number of methoxy groups -OCH3 is 1. The first-order valence-electron chi connectivity index (χ1n) is 12.8. The first kappa shape index (κ1) is 27.1. The van der Waals surface area contributed by atoms with Crippen LogP contribution < -0.4 is 10.1 Å². The lowest BCUT2D eigenvalue weighted by Gasteiger charge is -2.15. The van der Waals surface area contributed by atoms with Gasteiger partial charge in [0.15, 0.2) is 0 Å². The molecule has 184 valence electrons. The van der Waals surface area contributed by atoms with E-state index in [1.54, 1.807) is 7.11 Å². The van der Waals surface area contributed by atoms with Gasteiger partial charge < -0.3 is 15.2 Å². The predicted octanol–water partition coefficient (Wildman–Crippen LogP) is 5.74. The number of Topliss-reactive ketones (excluding diaryl/α,β-unsaturated/α-hetero) is 1. The van der Waals surface area contributed by atoms with Gasteiger partial charge in [0.05, 0.1) is 13.2 Å². The zero-order valence-electron chi connectivity index (χ0n) is 20.6. The Hall–Kier alpha value is -2.14. The van der Waals surface area contributed by atoms with Crippen molar-refractivity contribution in [1.82, 2.24) is 5.32 Å². The van der Waals surface area contributed by atoms with E-state index in [0.717, 1.165) is 75.5 Å². The molecule has 1 aliphatic rings. The normalized spacial score (nSPS) is 19.2. The summed E-state index contributed by atoms with van der Waals surface area (Å²) in [5.41, 5.74) is 0.978. The Morgan fingerprint density at radius 1 is 1.18 bits per heavy atom. The van der Waals surface area contributed by atoms with Crippen molar-refractivity contribution in [3.05, 3.63) is 42.0 Å². The summed E-state index contributed by atoms with van der Waals surface area (Å²) in [6.07, 6.45) is 14.7. The van der Waals surface area contributed by atoms with Gasteiger partial charge in [-0.1, -0.05) is 75.8 Å². The molecule has 3 unspecified atom stereocenters. The second-order valence-electron chi connectivity index (χ2n) is 9.26. The van der Waals surface area contributed by atoms with Crippen LogP contribution in [0.2, 0.25) is 0 Å². The largest absolute Gasteiger partial charge is 0.496 e. The minimum Gasteiger partial charge on any atom is -0.496 e. The van der Waals surface area contributed by atoms with E-state index < -0.39 is 0 Å². The van der Waals surface area contributed by atoms with Crippen molar-refractivity contribution in [3.8, 4) is 5.75 Å². The zero-order valence-corrected chi connectivity index (χ0v) is 20.6. The lowest BCUT2D eigenvalue weighted by atomic mass is 9.89. The van der Waals surface area contributed by atoms with Crippen LogP contribution in [0.15, 0.2) is 36.4 Å². The number of ketones is 1. The fraction of sp³-hybridized carbons (Fsp3) is 0.643. The third-order valence-corrected chi connectivity index (χ3v) is 6.68. The average molecular weight is 458 g/mol. The number of amides is 1. The Morgan fingerprint density at radius 3 is 2.76 bits per heavy atom. The second kappa shape index (κ2) is 15.7. The Bertz CT molecular complexity index is 745. The number of benzene rings is 1. The lowest BCUT2D eigenvalue weighted by molar-refractivity contribution is -0.122. The molecule has 1 amide bonds. The number of carbonyl (C=O) groups is 2. The first-order chi connectivity index (χ1) is 16.0. The van der Waals surface area contributed by atoms with Crippen LogP contribution in [-0.4, -0.2) is 30.0 Å². The molecule has 1 saturated carbocycles. The van der Waals surface area contributed by atoms with Crippen LogP contribution in [0.3, 0.4) is 0 Å². The van der Waals surface area contributed by atoms with E-state index in [-0.39, 0.29) is 23.8 Å². The highest BCUT2D eigenvalue weighted by molar-refractivity contribution is 5.83. The second-order valence-corrected chi connectivity index (χ2v) is 9.26. The lowest BCUT2D eigenvalue weighted by Crippen LogP contribution is -2.22. The number of unbranched alkanes of at least 4 members (excludes halogenated alkanes) is 5. The van der Waals surface area contributed by atoms with Gasteiger partial charge in [-0.25, -0.2) is 0 Å². The number of rotatable bonds is 16. The number of para-hydroxylation sites is 1. The van der Waals surface area contributed by atoms with Gasteiger partial charge in [0, 0.05) is 30.9 Å². The number of hydrogen-bond donors (Lipinski definition) is 2. The van der Waals surface area contributed by atoms with Crippen LogP contribution in [0.25, 0.3) is 0 Å². The monoisotopic (exact) mass is 457 g/mol. The molecule has 0 heterocycles. The molecule has 0 bridgehead atoms. The third kappa shape index (κ3) is 10.1. The maximum atomic E-state index is 12.3. The van der Waals surface area contributed by atoms with Crippen molar-refractivity contribution >= 4 is 11.7 Å². The smallest absolute Gasteiger partial charge is 0.220 e. The number of hydrogen-bond acceptors (Lipinski definition) is 4. The molecule has 0 radical (unpaired) electrons. The minimum atomic E-state index is -0.387. The first-order valence-corrected chi connectivity index (χ1v) is 12.8. The van der Waals surface area contributed by atoms with Gasteiger partial charge in [0.2, 0.25) is 5.91 Å². The summed E-state index contributed by atoms with van der Waals surface area (Å²) in [5, 5.41) is 13.1. The minimum absolute atomic E-state index is 0.0644. The van der Waals surface area contributed by atoms with Gasteiger partial charge in [-0.15, -0.1) is 0 Å². The number of aliphatic hydroxyl groups excluding tert-OH is 1. The molecule has 5 heteroatoms. The van der Waals surface area contributed by atoms with Gasteiger partial charge in [0.1, 0.15) is 11.5 Å². The Morgan fingerprint density at radius 2 is 1.97 bits per heavy atom. The molecule has 0 aliphatic heterocycles. The molecular weight excluding hydrogens is 414 g/mol. The fourth-order valence-corrected chi connectivity index (χ4v) is 4.64. The van der Waals surface area contributed by atoms with Crippen molar-refractivity contribution in [1.29, 1.82) is 0 Å². The highest BCUT2D eigenvalue weighted by Gasteiger charge is 2.32. The fourth-order valence-electron chi connectivity index (χ4n) is 4.64. The Balaban J connectivity index is 1.60. The van der Waals surface area contributed by atoms with Gasteiger partial charge in [0.25, 0.3) is 0 Å². The van der Waals surface area contributed by atoms with Crippen LogP contribution in [-0.2, 0) is 16.1 Å². The highest BCUT2D eigenvalue weighted by Crippen LogP contribution is 2.34. The summed E-state index contributed by atoms with van der Waals surface area (Å²) < 4.78 is 5.31. The van der Waals surface area contributed by atoms with Crippen LogP contribution >= 0.6 is 0 Å². The summed E-state index contributed by atoms with van der Waals surface area (Å²) in [7, 11) is 1.64. The van der Waals surface area contributed by atoms with Gasteiger partial charge >= 0.3 is 0 Å². The van der Waals surface area contributed by atoms with E-state index in [1.807, 2.05) is 30.3 Å². The molecular formula is C28H43NO4. The van der Waals surface area contributed by atoms with Crippen molar-refractivity contribution in [2.45, 2.75) is 96.6 Å². The molecule has 5 nitrogen and oxygen atoms in total.